The minimum atomic E-state index is 0.335. The molecular weight excluding hydrogens is 186 g/mol. The highest BCUT2D eigenvalue weighted by molar-refractivity contribution is 5.45. The van der Waals surface area contributed by atoms with Crippen LogP contribution in [0, 0.1) is 0 Å². The van der Waals surface area contributed by atoms with E-state index in [1.165, 1.54) is 5.56 Å². The van der Waals surface area contributed by atoms with Gasteiger partial charge in [0.2, 0.25) is 0 Å². The van der Waals surface area contributed by atoms with E-state index in [4.69, 9.17) is 5.73 Å². The normalized spacial score (nSPS) is 24.1. The Kier molecular flexibility index (Phi) is 1.86. The lowest BCUT2D eigenvalue weighted by atomic mass is 10.1. The van der Waals surface area contributed by atoms with Gasteiger partial charge in [-0.1, -0.05) is 18.2 Å². The molecule has 0 bridgehead atoms. The van der Waals surface area contributed by atoms with Crippen LogP contribution in [-0.4, -0.2) is 15.8 Å². The van der Waals surface area contributed by atoms with Crippen molar-refractivity contribution in [1.82, 2.24) is 9.78 Å². The molecule has 1 aliphatic rings. The standard InChI is InChI=1S/C12H13N3/c13-11-8-10(11)9-4-1-2-5-12(9)15-7-3-6-14-15/h1-7,10-11H,8,13H2. The second-order valence-corrected chi connectivity index (χ2v) is 4.02. The predicted molar refractivity (Wildman–Crippen MR) is 58.9 cm³/mol. The van der Waals surface area contributed by atoms with Crippen LogP contribution in [0.15, 0.2) is 42.7 Å². The number of benzene rings is 1. The molecule has 1 aromatic carbocycles. The topological polar surface area (TPSA) is 43.8 Å². The number of aromatic nitrogens is 2. The first-order valence-electron chi connectivity index (χ1n) is 5.21. The van der Waals surface area contributed by atoms with Crippen LogP contribution < -0.4 is 5.73 Å². The maximum atomic E-state index is 5.89. The summed E-state index contributed by atoms with van der Waals surface area (Å²) in [5, 5.41) is 4.26. The third kappa shape index (κ3) is 1.45. The average Bonchev–Trinajstić information content (AvgIpc) is 2.81. The summed E-state index contributed by atoms with van der Waals surface area (Å²) in [6, 6.07) is 10.6. The van der Waals surface area contributed by atoms with E-state index in [1.54, 1.807) is 6.20 Å². The lowest BCUT2D eigenvalue weighted by Gasteiger charge is -2.08. The smallest absolute Gasteiger partial charge is 0.0680 e. The highest BCUT2D eigenvalue weighted by atomic mass is 15.3. The van der Waals surface area contributed by atoms with Crippen molar-refractivity contribution in [2.24, 2.45) is 5.73 Å². The Morgan fingerprint density at radius 3 is 2.73 bits per heavy atom. The summed E-state index contributed by atoms with van der Waals surface area (Å²) in [6.45, 7) is 0. The van der Waals surface area contributed by atoms with Crippen molar-refractivity contribution in [3.05, 3.63) is 48.3 Å². The lowest BCUT2D eigenvalue weighted by Crippen LogP contribution is -2.04. The van der Waals surface area contributed by atoms with Crippen molar-refractivity contribution < 1.29 is 0 Å². The monoisotopic (exact) mass is 199 g/mol. The van der Waals surface area contributed by atoms with Crippen LogP contribution in [0.3, 0.4) is 0 Å². The van der Waals surface area contributed by atoms with E-state index in [-0.39, 0.29) is 0 Å². The third-order valence-corrected chi connectivity index (χ3v) is 2.93. The second-order valence-electron chi connectivity index (χ2n) is 4.02. The molecule has 1 heterocycles. The summed E-state index contributed by atoms with van der Waals surface area (Å²) in [5.41, 5.74) is 8.36. The molecule has 2 unspecified atom stereocenters. The fourth-order valence-corrected chi connectivity index (χ4v) is 1.99. The van der Waals surface area contributed by atoms with E-state index in [0.29, 0.717) is 12.0 Å². The largest absolute Gasteiger partial charge is 0.327 e. The molecule has 3 nitrogen and oxygen atoms in total. The summed E-state index contributed by atoms with van der Waals surface area (Å²) in [7, 11) is 0. The first-order valence-corrected chi connectivity index (χ1v) is 5.21. The van der Waals surface area contributed by atoms with Crippen LogP contribution in [0.2, 0.25) is 0 Å². The van der Waals surface area contributed by atoms with Gasteiger partial charge in [-0.05, 0) is 24.1 Å². The zero-order chi connectivity index (χ0) is 10.3. The minimum absolute atomic E-state index is 0.335. The van der Waals surface area contributed by atoms with E-state index in [0.717, 1.165) is 12.1 Å². The first-order chi connectivity index (χ1) is 7.36. The average molecular weight is 199 g/mol. The van der Waals surface area contributed by atoms with Crippen LogP contribution >= 0.6 is 0 Å². The van der Waals surface area contributed by atoms with E-state index < -0.39 is 0 Å². The molecule has 2 aromatic rings. The number of hydrogen-bond donors (Lipinski definition) is 1. The van der Waals surface area contributed by atoms with Gasteiger partial charge in [-0.2, -0.15) is 5.10 Å². The Morgan fingerprint density at radius 2 is 2.07 bits per heavy atom. The summed E-state index contributed by atoms with van der Waals surface area (Å²) in [5.74, 6) is 0.519. The number of para-hydroxylation sites is 1. The summed E-state index contributed by atoms with van der Waals surface area (Å²) < 4.78 is 1.90. The van der Waals surface area contributed by atoms with Crippen LogP contribution in [0.25, 0.3) is 5.69 Å². The Balaban J connectivity index is 2.07. The molecule has 0 saturated heterocycles. The zero-order valence-electron chi connectivity index (χ0n) is 8.38. The number of nitrogens with two attached hydrogens (primary N) is 1. The van der Waals surface area contributed by atoms with Gasteiger partial charge in [0.1, 0.15) is 0 Å². The van der Waals surface area contributed by atoms with E-state index in [2.05, 4.69) is 23.3 Å². The molecular formula is C12H13N3. The van der Waals surface area contributed by atoms with Crippen LogP contribution in [-0.2, 0) is 0 Å². The van der Waals surface area contributed by atoms with Crippen LogP contribution in [0.1, 0.15) is 17.9 Å². The van der Waals surface area contributed by atoms with Gasteiger partial charge in [0, 0.05) is 24.4 Å². The molecule has 1 aliphatic carbocycles. The van der Waals surface area contributed by atoms with Crippen LogP contribution in [0.5, 0.6) is 0 Å². The van der Waals surface area contributed by atoms with E-state index in [1.807, 2.05) is 23.0 Å². The minimum Gasteiger partial charge on any atom is -0.327 e. The van der Waals surface area contributed by atoms with Gasteiger partial charge in [-0.25, -0.2) is 4.68 Å². The number of hydrogen-bond acceptors (Lipinski definition) is 2. The fraction of sp³-hybridized carbons (Fsp3) is 0.250. The van der Waals surface area contributed by atoms with Crippen molar-refractivity contribution in [1.29, 1.82) is 0 Å². The zero-order valence-corrected chi connectivity index (χ0v) is 8.38. The Bertz CT molecular complexity index is 461. The molecule has 1 fully saturated rings. The summed E-state index contributed by atoms with van der Waals surface area (Å²) in [4.78, 5) is 0. The Hall–Kier alpha value is -1.61. The molecule has 1 saturated carbocycles. The third-order valence-electron chi connectivity index (χ3n) is 2.93. The molecule has 0 amide bonds. The molecule has 1 aromatic heterocycles. The van der Waals surface area contributed by atoms with Gasteiger partial charge in [0.25, 0.3) is 0 Å². The molecule has 2 N–H and O–H groups in total. The molecule has 15 heavy (non-hydrogen) atoms. The molecule has 3 heteroatoms. The number of rotatable bonds is 2. The predicted octanol–water partition coefficient (Wildman–Crippen LogP) is 1.69. The molecule has 76 valence electrons. The van der Waals surface area contributed by atoms with E-state index in [9.17, 15) is 0 Å². The Labute approximate surface area is 88.5 Å². The van der Waals surface area contributed by atoms with Gasteiger partial charge in [0.05, 0.1) is 5.69 Å². The second kappa shape index (κ2) is 3.21. The van der Waals surface area contributed by atoms with Crippen molar-refractivity contribution in [3.8, 4) is 5.69 Å². The highest BCUT2D eigenvalue weighted by Crippen LogP contribution is 2.41. The maximum Gasteiger partial charge on any atom is 0.0680 e. The van der Waals surface area contributed by atoms with Gasteiger partial charge in [-0.3, -0.25) is 0 Å². The SMILES string of the molecule is NC1CC1c1ccccc1-n1cccn1. The lowest BCUT2D eigenvalue weighted by molar-refractivity contribution is 0.854. The Morgan fingerprint density at radius 1 is 1.27 bits per heavy atom. The van der Waals surface area contributed by atoms with Gasteiger partial charge in [0.15, 0.2) is 0 Å². The quantitative estimate of drug-likeness (QED) is 0.799. The van der Waals surface area contributed by atoms with Crippen molar-refractivity contribution in [3.63, 3.8) is 0 Å². The maximum absolute atomic E-state index is 5.89. The van der Waals surface area contributed by atoms with Gasteiger partial charge < -0.3 is 5.73 Å². The van der Waals surface area contributed by atoms with Crippen molar-refractivity contribution in [2.45, 2.75) is 18.4 Å². The van der Waals surface area contributed by atoms with Crippen LogP contribution in [0.4, 0.5) is 0 Å². The molecule has 0 aliphatic heterocycles. The molecule has 0 spiro atoms. The fourth-order valence-electron chi connectivity index (χ4n) is 1.99. The number of nitrogens with zero attached hydrogens (tertiary/aromatic N) is 2. The van der Waals surface area contributed by atoms with Crippen molar-refractivity contribution >= 4 is 0 Å². The first kappa shape index (κ1) is 8.68. The summed E-state index contributed by atoms with van der Waals surface area (Å²) >= 11 is 0. The molecule has 2 atom stereocenters. The molecule has 3 rings (SSSR count). The highest BCUT2D eigenvalue weighted by Gasteiger charge is 2.36. The summed E-state index contributed by atoms with van der Waals surface area (Å²) in [6.07, 6.45) is 4.86. The van der Waals surface area contributed by atoms with Gasteiger partial charge in [-0.15, -0.1) is 0 Å². The van der Waals surface area contributed by atoms with Crippen molar-refractivity contribution in [2.75, 3.05) is 0 Å². The van der Waals surface area contributed by atoms with E-state index >= 15 is 0 Å². The van der Waals surface area contributed by atoms with Gasteiger partial charge >= 0.3 is 0 Å². The molecule has 0 radical (unpaired) electrons.